The molecule has 0 saturated heterocycles. The lowest BCUT2D eigenvalue weighted by Gasteiger charge is -2.63. The van der Waals surface area contributed by atoms with Crippen molar-refractivity contribution in [2.75, 3.05) is 0 Å². The summed E-state index contributed by atoms with van der Waals surface area (Å²) in [6.45, 7) is 11.8. The monoisotopic (exact) mass is 406 g/mol. The van der Waals surface area contributed by atoms with Crippen LogP contribution in [-0.4, -0.2) is 33.6 Å². The first kappa shape index (κ1) is 22.1. The van der Waals surface area contributed by atoms with Crippen LogP contribution in [0.5, 0.6) is 0 Å². The lowest BCUT2D eigenvalue weighted by Crippen LogP contribution is -2.62. The summed E-state index contributed by atoms with van der Waals surface area (Å²) in [4.78, 5) is 0. The van der Waals surface area contributed by atoms with Crippen LogP contribution in [0.3, 0.4) is 0 Å². The van der Waals surface area contributed by atoms with Crippen molar-refractivity contribution in [3.8, 4) is 0 Å². The first-order valence-corrected chi connectivity index (χ1v) is 12.6. The molecule has 0 aromatic heterocycles. The molecule has 0 aromatic carbocycles. The van der Waals surface area contributed by atoms with Crippen molar-refractivity contribution >= 4 is 0 Å². The summed E-state index contributed by atoms with van der Waals surface area (Å²) in [6, 6.07) is 0. The summed E-state index contributed by atoms with van der Waals surface area (Å²) >= 11 is 0. The molecule has 0 spiro atoms. The van der Waals surface area contributed by atoms with Gasteiger partial charge in [-0.1, -0.05) is 47.5 Å². The molecular formula is C26H46O3. The Morgan fingerprint density at radius 2 is 1.59 bits per heavy atom. The first-order chi connectivity index (χ1) is 13.6. The largest absolute Gasteiger partial charge is 0.393 e. The van der Waals surface area contributed by atoms with Crippen LogP contribution in [0.15, 0.2) is 0 Å². The van der Waals surface area contributed by atoms with Crippen LogP contribution in [0.4, 0.5) is 0 Å². The zero-order valence-corrected chi connectivity index (χ0v) is 19.5. The Balaban J connectivity index is 1.60. The van der Waals surface area contributed by atoms with Gasteiger partial charge in [0.2, 0.25) is 0 Å². The second kappa shape index (κ2) is 7.78. The molecule has 4 fully saturated rings. The fourth-order valence-corrected chi connectivity index (χ4v) is 8.93. The van der Waals surface area contributed by atoms with E-state index < -0.39 is 0 Å². The molecule has 0 bridgehead atoms. The molecule has 0 aromatic rings. The van der Waals surface area contributed by atoms with Crippen molar-refractivity contribution in [1.82, 2.24) is 0 Å². The maximum atomic E-state index is 11.6. The van der Waals surface area contributed by atoms with Crippen molar-refractivity contribution in [2.45, 2.75) is 111 Å². The van der Waals surface area contributed by atoms with Gasteiger partial charge in [-0.2, -0.15) is 0 Å². The topological polar surface area (TPSA) is 60.7 Å². The Morgan fingerprint density at radius 3 is 2.28 bits per heavy atom. The highest BCUT2D eigenvalue weighted by molar-refractivity contribution is 5.14. The molecule has 0 amide bonds. The van der Waals surface area contributed by atoms with Crippen molar-refractivity contribution in [2.24, 2.45) is 52.3 Å². The molecule has 3 nitrogen and oxygen atoms in total. The van der Waals surface area contributed by atoms with Gasteiger partial charge in [0.1, 0.15) is 0 Å². The van der Waals surface area contributed by atoms with Gasteiger partial charge in [-0.05, 0) is 97.2 Å². The Morgan fingerprint density at radius 1 is 0.862 bits per heavy atom. The fraction of sp³-hybridized carbons (Fsp3) is 1.00. The number of rotatable bonds is 4. The zero-order chi connectivity index (χ0) is 21.1. The molecule has 3 N–H and O–H groups in total. The molecule has 0 heterocycles. The smallest absolute Gasteiger partial charge is 0.0602 e. The normalized spacial score (nSPS) is 53.3. The highest BCUT2D eigenvalue weighted by Crippen LogP contribution is 2.68. The second-order valence-corrected chi connectivity index (χ2v) is 12.5. The van der Waals surface area contributed by atoms with Gasteiger partial charge in [0.15, 0.2) is 0 Å². The van der Waals surface area contributed by atoms with Crippen molar-refractivity contribution in [1.29, 1.82) is 0 Å². The van der Waals surface area contributed by atoms with Gasteiger partial charge in [0, 0.05) is 0 Å². The van der Waals surface area contributed by atoms with Crippen molar-refractivity contribution in [3.05, 3.63) is 0 Å². The van der Waals surface area contributed by atoms with E-state index >= 15 is 0 Å². The molecule has 4 saturated carbocycles. The molecule has 29 heavy (non-hydrogen) atoms. The summed E-state index contributed by atoms with van der Waals surface area (Å²) in [5, 5.41) is 33.2. The van der Waals surface area contributed by atoms with Crippen LogP contribution in [0.25, 0.3) is 0 Å². The van der Waals surface area contributed by atoms with Gasteiger partial charge in [0.05, 0.1) is 18.3 Å². The minimum Gasteiger partial charge on any atom is -0.393 e. The summed E-state index contributed by atoms with van der Waals surface area (Å²) in [5.74, 6) is 3.55. The minimum absolute atomic E-state index is 0.0457. The van der Waals surface area contributed by atoms with Gasteiger partial charge in [-0.25, -0.2) is 0 Å². The van der Waals surface area contributed by atoms with E-state index in [2.05, 4.69) is 34.6 Å². The van der Waals surface area contributed by atoms with E-state index in [1.165, 1.54) is 25.7 Å². The van der Waals surface area contributed by atoms with Crippen LogP contribution < -0.4 is 0 Å². The summed E-state index contributed by atoms with van der Waals surface area (Å²) in [6.07, 6.45) is 8.68. The molecule has 0 aliphatic heterocycles. The van der Waals surface area contributed by atoms with Gasteiger partial charge < -0.3 is 15.3 Å². The standard InChI is InChI=1S/C26H46O3/c1-15(2)6-7-16(3)19-8-9-20-24-21(14-23(29)26(19,20)5)25(4)11-10-18(27)12-17(25)13-22(24)28/h15-24,27-29H,6-14H2,1-5H3/t16-,17+,18-,19-,20+,21+,22-,23+,24+,25+,26-/m1/s1. The Hall–Kier alpha value is -0.120. The molecule has 168 valence electrons. The van der Waals surface area contributed by atoms with E-state index in [-0.39, 0.29) is 29.1 Å². The van der Waals surface area contributed by atoms with Crippen LogP contribution in [0, 0.1) is 52.3 Å². The Labute approximate surface area is 178 Å². The van der Waals surface area contributed by atoms with Crippen molar-refractivity contribution in [3.63, 3.8) is 0 Å². The first-order valence-electron chi connectivity index (χ1n) is 12.6. The number of hydrogen-bond acceptors (Lipinski definition) is 3. The summed E-state index contributed by atoms with van der Waals surface area (Å²) in [5.41, 5.74) is 0.128. The third-order valence-electron chi connectivity index (χ3n) is 10.7. The predicted molar refractivity (Wildman–Crippen MR) is 117 cm³/mol. The van der Waals surface area contributed by atoms with Gasteiger partial charge in [-0.15, -0.1) is 0 Å². The maximum absolute atomic E-state index is 11.6. The molecule has 0 radical (unpaired) electrons. The number of aliphatic hydroxyl groups is 3. The Kier molecular flexibility index (Phi) is 5.93. The number of hydrogen-bond donors (Lipinski definition) is 3. The van der Waals surface area contributed by atoms with Crippen molar-refractivity contribution < 1.29 is 15.3 Å². The van der Waals surface area contributed by atoms with Crippen LogP contribution in [0.1, 0.15) is 92.4 Å². The highest BCUT2D eigenvalue weighted by Gasteiger charge is 2.65. The van der Waals surface area contributed by atoms with Gasteiger partial charge in [0.25, 0.3) is 0 Å². The molecule has 11 atom stereocenters. The predicted octanol–water partition coefficient (Wildman–Crippen LogP) is 5.02. The van der Waals surface area contributed by atoms with Crippen LogP contribution >= 0.6 is 0 Å². The number of aliphatic hydroxyl groups excluding tert-OH is 3. The second-order valence-electron chi connectivity index (χ2n) is 12.5. The van der Waals surface area contributed by atoms with Gasteiger partial charge in [-0.3, -0.25) is 0 Å². The molecule has 4 aliphatic rings. The third kappa shape index (κ3) is 3.42. The highest BCUT2D eigenvalue weighted by atomic mass is 16.3. The maximum Gasteiger partial charge on any atom is 0.0602 e. The summed E-state index contributed by atoms with van der Waals surface area (Å²) < 4.78 is 0. The van der Waals surface area contributed by atoms with Gasteiger partial charge >= 0.3 is 0 Å². The lowest BCUT2D eigenvalue weighted by molar-refractivity contribution is -0.207. The van der Waals surface area contributed by atoms with Crippen LogP contribution in [0.2, 0.25) is 0 Å². The van der Waals surface area contributed by atoms with E-state index in [9.17, 15) is 15.3 Å². The minimum atomic E-state index is -0.259. The third-order valence-corrected chi connectivity index (χ3v) is 10.7. The zero-order valence-electron chi connectivity index (χ0n) is 19.5. The molecule has 3 heteroatoms. The average molecular weight is 407 g/mol. The van der Waals surface area contributed by atoms with E-state index in [0.29, 0.717) is 35.5 Å². The molecule has 0 unspecified atom stereocenters. The molecule has 4 rings (SSSR count). The molecule has 4 aliphatic carbocycles. The van der Waals surface area contributed by atoms with Crippen LogP contribution in [-0.2, 0) is 0 Å². The fourth-order valence-electron chi connectivity index (χ4n) is 8.93. The quantitative estimate of drug-likeness (QED) is 0.614. The van der Waals surface area contributed by atoms with E-state index in [4.69, 9.17) is 0 Å². The average Bonchev–Trinajstić information content (AvgIpc) is 3.01. The SMILES string of the molecule is CC(C)CC[C@@H](C)[C@H]1CC[C@H]2[C@@H]3[C@H](O)C[C@@H]4C[C@H](O)CC[C@]4(C)[C@H]3C[C@H](O)[C@]12C. The Bertz CT molecular complexity index is 591. The summed E-state index contributed by atoms with van der Waals surface area (Å²) in [7, 11) is 0. The lowest BCUT2D eigenvalue weighted by atomic mass is 9.43. The van der Waals surface area contributed by atoms with E-state index in [0.717, 1.165) is 38.0 Å². The van der Waals surface area contributed by atoms with E-state index in [1.54, 1.807) is 0 Å². The van der Waals surface area contributed by atoms with E-state index in [1.807, 2.05) is 0 Å². The number of fused-ring (bicyclic) bond motifs is 5. The molecular weight excluding hydrogens is 360 g/mol.